The molecule has 1 aliphatic heterocycles. The third kappa shape index (κ3) is 8.01. The number of aliphatic hydroxyl groups is 1. The number of halogens is 3. The van der Waals surface area contributed by atoms with Crippen molar-refractivity contribution in [3.8, 4) is 11.5 Å². The van der Waals surface area contributed by atoms with Gasteiger partial charge in [-0.15, -0.1) is 0 Å². The summed E-state index contributed by atoms with van der Waals surface area (Å²) in [5, 5.41) is 13.6. The van der Waals surface area contributed by atoms with Crippen LogP contribution in [0.25, 0.3) is 0 Å². The molecule has 3 N–H and O–H groups in total. The van der Waals surface area contributed by atoms with Crippen molar-refractivity contribution < 1.29 is 46.8 Å². The number of carbonyl (C=O) groups is 1. The quantitative estimate of drug-likeness (QED) is 0.132. The highest BCUT2D eigenvalue weighted by molar-refractivity contribution is 5.81. The van der Waals surface area contributed by atoms with Gasteiger partial charge in [0, 0.05) is 25.9 Å². The molecule has 5 rings (SSSR count). The zero-order chi connectivity index (χ0) is 36.8. The lowest BCUT2D eigenvalue weighted by molar-refractivity contribution is -0.173. The van der Waals surface area contributed by atoms with E-state index in [9.17, 15) is 32.7 Å². The van der Waals surface area contributed by atoms with Crippen molar-refractivity contribution in [1.82, 2.24) is 14.9 Å². The summed E-state index contributed by atoms with van der Waals surface area (Å²) in [7, 11) is 4.37. The minimum absolute atomic E-state index is 0.0317. The molecule has 0 aliphatic carbocycles. The highest BCUT2D eigenvalue weighted by Crippen LogP contribution is 2.45. The van der Waals surface area contributed by atoms with Gasteiger partial charge in [-0.2, -0.15) is 13.2 Å². The van der Waals surface area contributed by atoms with Crippen LogP contribution in [0.5, 0.6) is 11.5 Å². The molecule has 272 valence electrons. The van der Waals surface area contributed by atoms with Crippen molar-refractivity contribution >= 4 is 5.91 Å². The maximum absolute atomic E-state index is 13.0. The SMILES string of the molecule is COc1ccc(C(OC(CCCNC(=O)C(F)(F)F)[C@H]2O[C@@H](n3ccc(=O)[nH]c3=O)C(OC)C2O)(c2ccccc2)c2ccc(OC)cc2)cc1. The number of H-pyrrole nitrogens is 1. The molecular weight excluding hydrogens is 675 g/mol. The van der Waals surface area contributed by atoms with Crippen molar-refractivity contribution in [2.75, 3.05) is 27.9 Å². The molecule has 0 bridgehead atoms. The summed E-state index contributed by atoms with van der Waals surface area (Å²) in [5.74, 6) is -0.956. The summed E-state index contributed by atoms with van der Waals surface area (Å²) in [6, 6.07) is 24.5. The van der Waals surface area contributed by atoms with Crippen molar-refractivity contribution in [1.29, 1.82) is 0 Å². The van der Waals surface area contributed by atoms with Gasteiger partial charge in [-0.05, 0) is 53.8 Å². The molecule has 51 heavy (non-hydrogen) atoms. The number of aromatic nitrogens is 2. The fourth-order valence-corrected chi connectivity index (χ4v) is 6.24. The van der Waals surface area contributed by atoms with Gasteiger partial charge >= 0.3 is 17.8 Å². The van der Waals surface area contributed by atoms with Crippen molar-refractivity contribution in [2.24, 2.45) is 0 Å². The van der Waals surface area contributed by atoms with E-state index in [1.807, 2.05) is 59.9 Å². The number of amides is 1. The third-order valence-electron chi connectivity index (χ3n) is 8.72. The van der Waals surface area contributed by atoms with Gasteiger partial charge in [-0.3, -0.25) is 19.1 Å². The highest BCUT2D eigenvalue weighted by Gasteiger charge is 2.51. The number of rotatable bonds is 14. The van der Waals surface area contributed by atoms with Gasteiger partial charge in [0.05, 0.1) is 20.3 Å². The molecule has 2 heterocycles. The van der Waals surface area contributed by atoms with E-state index in [0.717, 1.165) is 10.6 Å². The maximum Gasteiger partial charge on any atom is 0.471 e. The first-order valence-corrected chi connectivity index (χ1v) is 16.0. The van der Waals surface area contributed by atoms with Gasteiger partial charge in [-0.1, -0.05) is 54.6 Å². The summed E-state index contributed by atoms with van der Waals surface area (Å²) < 4.78 is 70.0. The fourth-order valence-electron chi connectivity index (χ4n) is 6.24. The second-order valence-electron chi connectivity index (χ2n) is 11.8. The second kappa shape index (κ2) is 15.9. The van der Waals surface area contributed by atoms with E-state index in [1.165, 1.54) is 27.5 Å². The minimum atomic E-state index is -5.07. The minimum Gasteiger partial charge on any atom is -0.497 e. The Labute approximate surface area is 290 Å². The molecule has 0 saturated carbocycles. The standard InChI is InChI=1S/C36H38F3N3O9/c1-47-25-15-11-23(12-16-25)35(22-8-5-4-6-9-22,24-13-17-26(48-2)18-14-24)51-27(10-7-20-40-33(45)36(37,38)39)30-29(44)31(49-3)32(50-30)42-21-19-28(43)41-34(42)46/h4-6,8-9,11-19,21,27,29-32,44H,7,10,20H2,1-3H3,(H,40,45)(H,41,43,46)/t27?,29?,30-,31?,32-/m1/s1. The van der Waals surface area contributed by atoms with Gasteiger partial charge in [0.1, 0.15) is 35.4 Å². The van der Waals surface area contributed by atoms with Gasteiger partial charge < -0.3 is 34.1 Å². The van der Waals surface area contributed by atoms with Crippen LogP contribution in [0.15, 0.2) is 101 Å². The van der Waals surface area contributed by atoms with Crippen LogP contribution in [0.4, 0.5) is 13.2 Å². The first kappa shape index (κ1) is 37.3. The molecule has 1 amide bonds. The van der Waals surface area contributed by atoms with E-state index in [0.29, 0.717) is 28.2 Å². The summed E-state index contributed by atoms with van der Waals surface area (Å²) in [6.45, 7) is -0.374. The number of aromatic amines is 1. The smallest absolute Gasteiger partial charge is 0.471 e. The number of nitrogens with one attached hydrogen (secondary N) is 2. The average molecular weight is 714 g/mol. The lowest BCUT2D eigenvalue weighted by atomic mass is 9.79. The van der Waals surface area contributed by atoms with E-state index in [4.69, 9.17) is 23.7 Å². The molecule has 1 aromatic heterocycles. The highest BCUT2D eigenvalue weighted by atomic mass is 19.4. The maximum atomic E-state index is 13.0. The number of nitrogens with zero attached hydrogens (tertiary/aromatic N) is 1. The molecular formula is C36H38F3N3O9. The molecule has 15 heteroatoms. The normalized spacial score (nSPS) is 19.7. The molecule has 3 unspecified atom stereocenters. The Kier molecular flexibility index (Phi) is 11.7. The topological polar surface area (TPSA) is 150 Å². The Morgan fingerprint density at radius 2 is 1.47 bits per heavy atom. The van der Waals surface area contributed by atoms with Crippen LogP contribution >= 0.6 is 0 Å². The Morgan fingerprint density at radius 1 is 0.902 bits per heavy atom. The molecule has 0 spiro atoms. The van der Waals surface area contributed by atoms with Crippen LogP contribution in [0.2, 0.25) is 0 Å². The number of carbonyl (C=O) groups excluding carboxylic acids is 1. The number of hydrogen-bond donors (Lipinski definition) is 3. The molecule has 3 aromatic carbocycles. The third-order valence-corrected chi connectivity index (χ3v) is 8.72. The molecule has 1 aliphatic rings. The van der Waals surface area contributed by atoms with E-state index >= 15 is 0 Å². The monoisotopic (exact) mass is 713 g/mol. The molecule has 4 aromatic rings. The van der Waals surface area contributed by atoms with Crippen LogP contribution in [-0.4, -0.2) is 79.0 Å². The van der Waals surface area contributed by atoms with E-state index in [2.05, 4.69) is 4.98 Å². The number of alkyl halides is 3. The summed E-state index contributed by atoms with van der Waals surface area (Å²) in [4.78, 5) is 38.4. The predicted octanol–water partition coefficient (Wildman–Crippen LogP) is 3.66. The first-order chi connectivity index (χ1) is 24.4. The number of hydrogen-bond acceptors (Lipinski definition) is 9. The zero-order valence-electron chi connectivity index (χ0n) is 28.0. The van der Waals surface area contributed by atoms with Crippen molar-refractivity contribution in [3.05, 3.63) is 129 Å². The van der Waals surface area contributed by atoms with Crippen molar-refractivity contribution in [3.63, 3.8) is 0 Å². The fraction of sp³-hybridized carbons (Fsp3) is 0.361. The predicted molar refractivity (Wildman–Crippen MR) is 178 cm³/mol. The lowest BCUT2D eigenvalue weighted by Gasteiger charge is -2.41. The molecule has 1 saturated heterocycles. The van der Waals surface area contributed by atoms with Crippen LogP contribution in [-0.2, 0) is 24.6 Å². The van der Waals surface area contributed by atoms with Gasteiger partial charge in [0.15, 0.2) is 6.23 Å². The summed E-state index contributed by atoms with van der Waals surface area (Å²) >= 11 is 0. The number of ether oxygens (including phenoxy) is 5. The Morgan fingerprint density at radius 3 is 1.98 bits per heavy atom. The second-order valence-corrected chi connectivity index (χ2v) is 11.8. The number of benzene rings is 3. The van der Waals surface area contributed by atoms with Crippen LogP contribution in [0.3, 0.4) is 0 Å². The van der Waals surface area contributed by atoms with E-state index in [-0.39, 0.29) is 19.4 Å². The molecule has 0 radical (unpaired) electrons. The Hall–Kier alpha value is -4.96. The number of methoxy groups -OCH3 is 3. The van der Waals surface area contributed by atoms with Crippen LogP contribution < -0.4 is 26.0 Å². The van der Waals surface area contributed by atoms with E-state index in [1.54, 1.807) is 24.3 Å². The van der Waals surface area contributed by atoms with Crippen LogP contribution in [0.1, 0.15) is 35.8 Å². The molecule has 1 fully saturated rings. The molecule has 5 atom stereocenters. The average Bonchev–Trinajstić information content (AvgIpc) is 3.46. The Bertz CT molecular complexity index is 1820. The zero-order valence-corrected chi connectivity index (χ0v) is 28.0. The van der Waals surface area contributed by atoms with Crippen molar-refractivity contribution in [2.45, 2.75) is 55.3 Å². The lowest BCUT2D eigenvalue weighted by Crippen LogP contribution is -2.46. The summed E-state index contributed by atoms with van der Waals surface area (Å²) in [6.07, 6.45) is -10.1. The number of aliphatic hydroxyl groups excluding tert-OH is 1. The van der Waals surface area contributed by atoms with Gasteiger partial charge in [0.2, 0.25) is 0 Å². The van der Waals surface area contributed by atoms with E-state index < -0.39 is 59.6 Å². The Balaban J connectivity index is 1.65. The van der Waals surface area contributed by atoms with Gasteiger partial charge in [0.25, 0.3) is 5.56 Å². The first-order valence-electron chi connectivity index (χ1n) is 16.0. The molecule has 12 nitrogen and oxygen atoms in total. The van der Waals surface area contributed by atoms with Crippen LogP contribution in [0, 0.1) is 0 Å². The summed E-state index contributed by atoms with van der Waals surface area (Å²) in [5.41, 5.74) is -1.00. The largest absolute Gasteiger partial charge is 0.497 e. The van der Waals surface area contributed by atoms with Gasteiger partial charge in [-0.25, -0.2) is 4.79 Å².